The molecule has 0 rings (SSSR count). The minimum atomic E-state index is -0.313. The Bertz CT molecular complexity index is 173. The van der Waals surface area contributed by atoms with Crippen LogP contribution in [0.4, 0.5) is 0 Å². The first-order valence-corrected chi connectivity index (χ1v) is 4.51. The van der Waals surface area contributed by atoms with Crippen LogP contribution >= 0.6 is 12.4 Å². The maximum atomic E-state index is 10.8. The zero-order chi connectivity index (χ0) is 11.6. The second-order valence-electron chi connectivity index (χ2n) is 3.22. The van der Waals surface area contributed by atoms with Crippen molar-refractivity contribution in [3.8, 4) is 0 Å². The number of nitrogens with one attached hydrogen (secondary N) is 1. The SMILES string of the molecule is C=C(C)C(=O)OCCN(C)C.CNC.Cl. The van der Waals surface area contributed by atoms with E-state index in [2.05, 4.69) is 11.9 Å². The Morgan fingerprint density at radius 2 is 1.80 bits per heavy atom. The molecule has 0 aliphatic carbocycles. The first kappa shape index (κ1) is 19.9. The lowest BCUT2D eigenvalue weighted by molar-refractivity contribution is -0.139. The highest BCUT2D eigenvalue weighted by atomic mass is 35.5. The van der Waals surface area contributed by atoms with Gasteiger partial charge in [0, 0.05) is 12.1 Å². The van der Waals surface area contributed by atoms with Crippen molar-refractivity contribution in [1.82, 2.24) is 10.2 Å². The molecule has 4 nitrogen and oxygen atoms in total. The Hall–Kier alpha value is -0.580. The van der Waals surface area contributed by atoms with E-state index in [-0.39, 0.29) is 18.4 Å². The van der Waals surface area contributed by atoms with Gasteiger partial charge in [-0.2, -0.15) is 0 Å². The van der Waals surface area contributed by atoms with Crippen LogP contribution in [0.5, 0.6) is 0 Å². The number of carbonyl (C=O) groups is 1. The minimum absolute atomic E-state index is 0. The topological polar surface area (TPSA) is 41.6 Å². The molecule has 0 heterocycles. The predicted octanol–water partition coefficient (Wildman–Crippen LogP) is 0.925. The Labute approximate surface area is 99.1 Å². The second-order valence-corrected chi connectivity index (χ2v) is 3.22. The first-order chi connectivity index (χ1) is 6.45. The number of carbonyl (C=O) groups excluding carboxylic acids is 1. The van der Waals surface area contributed by atoms with Crippen LogP contribution in [-0.2, 0) is 9.53 Å². The van der Waals surface area contributed by atoms with Gasteiger partial charge in [-0.3, -0.25) is 0 Å². The zero-order valence-corrected chi connectivity index (χ0v) is 11.1. The predicted molar refractivity (Wildman–Crippen MR) is 66.6 cm³/mol. The van der Waals surface area contributed by atoms with E-state index in [0.717, 1.165) is 6.54 Å². The van der Waals surface area contributed by atoms with Crippen molar-refractivity contribution in [1.29, 1.82) is 0 Å². The molecule has 0 spiro atoms. The summed E-state index contributed by atoms with van der Waals surface area (Å²) in [7, 11) is 7.60. The number of likely N-dealkylation sites (N-methyl/N-ethyl adjacent to an activating group) is 1. The van der Waals surface area contributed by atoms with Gasteiger partial charge in [0.2, 0.25) is 0 Å². The normalized spacial score (nSPS) is 8.40. The third kappa shape index (κ3) is 19.7. The van der Waals surface area contributed by atoms with Gasteiger partial charge in [0.25, 0.3) is 0 Å². The van der Waals surface area contributed by atoms with E-state index in [1.54, 1.807) is 6.92 Å². The van der Waals surface area contributed by atoms with Gasteiger partial charge >= 0.3 is 5.97 Å². The van der Waals surface area contributed by atoms with Crippen molar-refractivity contribution in [2.24, 2.45) is 0 Å². The van der Waals surface area contributed by atoms with Gasteiger partial charge in [-0.1, -0.05) is 6.58 Å². The van der Waals surface area contributed by atoms with Crippen molar-refractivity contribution in [2.45, 2.75) is 6.92 Å². The highest BCUT2D eigenvalue weighted by Crippen LogP contribution is 1.91. The molecule has 0 aliphatic rings. The van der Waals surface area contributed by atoms with Crippen molar-refractivity contribution >= 4 is 18.4 Å². The van der Waals surface area contributed by atoms with Gasteiger partial charge in [0.05, 0.1) is 0 Å². The molecule has 0 aliphatic heterocycles. The molecule has 0 aromatic carbocycles. The van der Waals surface area contributed by atoms with Crippen LogP contribution < -0.4 is 5.32 Å². The fourth-order valence-corrected chi connectivity index (χ4v) is 0.444. The standard InChI is InChI=1S/C8H15NO2.C2H7N.ClH/c1-7(2)8(10)11-6-5-9(3)4;1-3-2;/h1,5-6H2,2-4H3;3H,1-2H3;1H. The molecule has 0 radical (unpaired) electrons. The van der Waals surface area contributed by atoms with E-state index in [1.165, 1.54) is 0 Å². The van der Waals surface area contributed by atoms with Crippen LogP contribution in [0.3, 0.4) is 0 Å². The molecule has 0 saturated heterocycles. The first-order valence-electron chi connectivity index (χ1n) is 4.51. The Kier molecular flexibility index (Phi) is 17.8. The zero-order valence-electron chi connectivity index (χ0n) is 10.3. The maximum Gasteiger partial charge on any atom is 0.333 e. The van der Waals surface area contributed by atoms with Crippen LogP contribution in [0.15, 0.2) is 12.2 Å². The van der Waals surface area contributed by atoms with Crippen LogP contribution in [0.25, 0.3) is 0 Å². The second kappa shape index (κ2) is 13.4. The van der Waals surface area contributed by atoms with Crippen molar-refractivity contribution in [3.63, 3.8) is 0 Å². The van der Waals surface area contributed by atoms with E-state index in [1.807, 2.05) is 33.1 Å². The molecule has 1 N–H and O–H groups in total. The van der Waals surface area contributed by atoms with Crippen LogP contribution in [0, 0.1) is 0 Å². The lowest BCUT2D eigenvalue weighted by Crippen LogP contribution is -2.20. The average molecular weight is 239 g/mol. The van der Waals surface area contributed by atoms with Gasteiger partial charge in [-0.15, -0.1) is 12.4 Å². The monoisotopic (exact) mass is 238 g/mol. The smallest absolute Gasteiger partial charge is 0.333 e. The van der Waals surface area contributed by atoms with Gasteiger partial charge in [-0.05, 0) is 35.1 Å². The number of esters is 1. The third-order valence-electron chi connectivity index (χ3n) is 1.12. The molecular formula is C10H23ClN2O2. The molecule has 0 amide bonds. The summed E-state index contributed by atoms with van der Waals surface area (Å²) in [6.45, 7) is 6.28. The molecule has 0 fully saturated rings. The number of rotatable bonds is 4. The molecule has 0 aromatic heterocycles. The molecule has 0 saturated carbocycles. The fourth-order valence-electron chi connectivity index (χ4n) is 0.444. The number of ether oxygens (including phenoxy) is 1. The highest BCUT2D eigenvalue weighted by Gasteiger charge is 2.01. The van der Waals surface area contributed by atoms with E-state index >= 15 is 0 Å². The average Bonchev–Trinajstić information content (AvgIpc) is 2.04. The van der Waals surface area contributed by atoms with Crippen LogP contribution in [0.1, 0.15) is 6.92 Å². The summed E-state index contributed by atoms with van der Waals surface area (Å²) in [6.07, 6.45) is 0. The van der Waals surface area contributed by atoms with Gasteiger partial charge in [-0.25, -0.2) is 4.79 Å². The molecule has 5 heteroatoms. The molecule has 0 unspecified atom stereocenters. The third-order valence-corrected chi connectivity index (χ3v) is 1.12. The van der Waals surface area contributed by atoms with E-state index in [9.17, 15) is 4.79 Å². The molecule has 0 aromatic rings. The largest absolute Gasteiger partial charge is 0.461 e. The Balaban J connectivity index is -0.000000320. The lowest BCUT2D eigenvalue weighted by Gasteiger charge is -2.09. The Morgan fingerprint density at radius 1 is 1.40 bits per heavy atom. The van der Waals surface area contributed by atoms with Crippen molar-refractivity contribution < 1.29 is 9.53 Å². The van der Waals surface area contributed by atoms with E-state index in [4.69, 9.17) is 4.74 Å². The summed E-state index contributed by atoms with van der Waals surface area (Å²) < 4.78 is 4.83. The minimum Gasteiger partial charge on any atom is -0.461 e. The van der Waals surface area contributed by atoms with Gasteiger partial charge < -0.3 is 15.0 Å². The summed E-state index contributed by atoms with van der Waals surface area (Å²) in [4.78, 5) is 12.7. The van der Waals surface area contributed by atoms with Gasteiger partial charge in [0.15, 0.2) is 0 Å². The van der Waals surface area contributed by atoms with E-state index in [0.29, 0.717) is 12.2 Å². The summed E-state index contributed by atoms with van der Waals surface area (Å²) in [5, 5.41) is 2.75. The lowest BCUT2D eigenvalue weighted by atomic mass is 10.4. The number of nitrogens with zero attached hydrogens (tertiary/aromatic N) is 1. The number of halogens is 1. The summed E-state index contributed by atoms with van der Waals surface area (Å²) in [5.41, 5.74) is 0.448. The highest BCUT2D eigenvalue weighted by molar-refractivity contribution is 5.86. The van der Waals surface area contributed by atoms with Crippen LogP contribution in [-0.4, -0.2) is 52.2 Å². The Morgan fingerprint density at radius 3 is 2.07 bits per heavy atom. The van der Waals surface area contributed by atoms with Crippen LogP contribution in [0.2, 0.25) is 0 Å². The van der Waals surface area contributed by atoms with Crippen molar-refractivity contribution in [2.75, 3.05) is 41.3 Å². The molecule has 0 atom stereocenters. The number of hydrogen-bond acceptors (Lipinski definition) is 4. The molecule has 15 heavy (non-hydrogen) atoms. The fraction of sp³-hybridized carbons (Fsp3) is 0.700. The summed E-state index contributed by atoms with van der Waals surface area (Å²) in [6, 6.07) is 0. The van der Waals surface area contributed by atoms with Gasteiger partial charge in [0.1, 0.15) is 6.61 Å². The van der Waals surface area contributed by atoms with Crippen molar-refractivity contribution in [3.05, 3.63) is 12.2 Å². The molecule has 0 bridgehead atoms. The summed E-state index contributed by atoms with van der Waals surface area (Å²) in [5.74, 6) is -0.313. The number of hydrogen-bond donors (Lipinski definition) is 1. The molecular weight excluding hydrogens is 216 g/mol. The molecule has 92 valence electrons. The maximum absolute atomic E-state index is 10.8. The summed E-state index contributed by atoms with van der Waals surface area (Å²) >= 11 is 0. The quantitative estimate of drug-likeness (QED) is 0.585. The van der Waals surface area contributed by atoms with E-state index < -0.39 is 0 Å².